The Morgan fingerprint density at radius 3 is 2.75 bits per heavy atom. The molecule has 1 atom stereocenters. The number of nitrogens with zero attached hydrogens (tertiary/aromatic N) is 2. The van der Waals surface area contributed by atoms with E-state index in [1.54, 1.807) is 23.7 Å². The monoisotopic (exact) mass is 283 g/mol. The van der Waals surface area contributed by atoms with Crippen molar-refractivity contribution in [2.24, 2.45) is 0 Å². The van der Waals surface area contributed by atoms with E-state index in [1.807, 2.05) is 6.07 Å². The number of hydrogen-bond donors (Lipinski definition) is 1. The molecule has 2 aromatic heterocycles. The van der Waals surface area contributed by atoms with Gasteiger partial charge in [0.05, 0.1) is 17.1 Å². The van der Waals surface area contributed by atoms with Gasteiger partial charge in [0.15, 0.2) is 0 Å². The highest BCUT2D eigenvalue weighted by Gasteiger charge is 2.18. The van der Waals surface area contributed by atoms with E-state index in [9.17, 15) is 0 Å². The van der Waals surface area contributed by atoms with Crippen LogP contribution in [0.3, 0.4) is 0 Å². The summed E-state index contributed by atoms with van der Waals surface area (Å²) < 4.78 is 0. The van der Waals surface area contributed by atoms with E-state index in [4.69, 9.17) is 0 Å². The predicted molar refractivity (Wildman–Crippen MR) is 84.1 cm³/mol. The second-order valence-corrected chi connectivity index (χ2v) is 5.81. The van der Waals surface area contributed by atoms with E-state index in [1.165, 1.54) is 16.0 Å². The van der Waals surface area contributed by atoms with Crippen molar-refractivity contribution < 1.29 is 0 Å². The Hall–Kier alpha value is -1.78. The van der Waals surface area contributed by atoms with Gasteiger partial charge in [-0.25, -0.2) is 0 Å². The van der Waals surface area contributed by atoms with Crippen LogP contribution in [-0.2, 0) is 0 Å². The van der Waals surface area contributed by atoms with E-state index in [2.05, 4.69) is 52.7 Å². The molecule has 1 N–H and O–H groups in total. The smallest absolute Gasteiger partial charge is 0.0937 e. The highest BCUT2D eigenvalue weighted by molar-refractivity contribution is 7.10. The molecule has 0 fully saturated rings. The first-order valence-electron chi connectivity index (χ1n) is 6.78. The van der Waals surface area contributed by atoms with E-state index in [-0.39, 0.29) is 6.04 Å². The van der Waals surface area contributed by atoms with E-state index in [0.717, 1.165) is 17.6 Å². The lowest BCUT2D eigenvalue weighted by Crippen LogP contribution is -2.22. The maximum Gasteiger partial charge on any atom is 0.0937 e. The van der Waals surface area contributed by atoms with Crippen molar-refractivity contribution in [3.05, 3.63) is 58.0 Å². The van der Waals surface area contributed by atoms with Crippen LogP contribution in [0.5, 0.6) is 0 Å². The van der Waals surface area contributed by atoms with Gasteiger partial charge in [-0.3, -0.25) is 9.97 Å². The normalized spacial score (nSPS) is 12.7. The Kier molecular flexibility index (Phi) is 3.76. The van der Waals surface area contributed by atoms with Gasteiger partial charge in [0.1, 0.15) is 0 Å². The molecule has 3 nitrogen and oxygen atoms in total. The molecule has 0 aliphatic rings. The molecule has 0 spiro atoms. The van der Waals surface area contributed by atoms with Gasteiger partial charge in [0.25, 0.3) is 0 Å². The summed E-state index contributed by atoms with van der Waals surface area (Å²) in [6.07, 6.45) is 3.50. The van der Waals surface area contributed by atoms with Gasteiger partial charge in [0.2, 0.25) is 0 Å². The molecular formula is C16H17N3S. The number of para-hydroxylation sites is 1. The first-order chi connectivity index (χ1) is 9.81. The molecule has 0 bridgehead atoms. The summed E-state index contributed by atoms with van der Waals surface area (Å²) in [5.41, 5.74) is 4.45. The predicted octanol–water partition coefficient (Wildman–Crippen LogP) is 3.70. The molecule has 1 aromatic carbocycles. The van der Waals surface area contributed by atoms with Crippen LogP contribution in [0.15, 0.2) is 42.0 Å². The molecule has 2 heterocycles. The van der Waals surface area contributed by atoms with E-state index < -0.39 is 0 Å². The third kappa shape index (κ3) is 2.32. The zero-order chi connectivity index (χ0) is 13.9. The minimum atomic E-state index is 0.173. The van der Waals surface area contributed by atoms with Crippen LogP contribution in [0, 0.1) is 6.92 Å². The largest absolute Gasteiger partial charge is 0.306 e. The van der Waals surface area contributed by atoms with Crippen LogP contribution in [0.2, 0.25) is 0 Å². The number of fused-ring (bicyclic) bond motifs is 1. The van der Waals surface area contributed by atoms with Gasteiger partial charge in [0, 0.05) is 22.8 Å². The van der Waals surface area contributed by atoms with Crippen molar-refractivity contribution in [2.75, 3.05) is 6.54 Å². The van der Waals surface area contributed by atoms with Gasteiger partial charge < -0.3 is 5.32 Å². The number of nitrogens with one attached hydrogen (secondary N) is 1. The SMILES string of the molecule is CCNC(c1ccsc1C)c1cccc2nccnc12. The van der Waals surface area contributed by atoms with Crippen LogP contribution in [-0.4, -0.2) is 16.5 Å². The maximum atomic E-state index is 4.52. The average Bonchev–Trinajstić information content (AvgIpc) is 2.90. The van der Waals surface area contributed by atoms with Crippen molar-refractivity contribution in [1.82, 2.24) is 15.3 Å². The lowest BCUT2D eigenvalue weighted by Gasteiger charge is -2.19. The Bertz CT molecular complexity index is 715. The number of aryl methyl sites for hydroxylation is 1. The summed E-state index contributed by atoms with van der Waals surface area (Å²) in [7, 11) is 0. The fourth-order valence-electron chi connectivity index (χ4n) is 2.53. The Morgan fingerprint density at radius 2 is 2.00 bits per heavy atom. The third-order valence-corrected chi connectivity index (χ3v) is 4.32. The maximum absolute atomic E-state index is 4.52. The summed E-state index contributed by atoms with van der Waals surface area (Å²) in [6.45, 7) is 5.21. The van der Waals surface area contributed by atoms with Crippen molar-refractivity contribution >= 4 is 22.4 Å². The highest BCUT2D eigenvalue weighted by atomic mass is 32.1. The fraction of sp³-hybridized carbons (Fsp3) is 0.250. The Balaban J connectivity index is 2.17. The van der Waals surface area contributed by atoms with Gasteiger partial charge >= 0.3 is 0 Å². The first kappa shape index (κ1) is 13.2. The summed E-state index contributed by atoms with van der Waals surface area (Å²) in [5.74, 6) is 0. The van der Waals surface area contributed by atoms with Gasteiger partial charge in [-0.15, -0.1) is 11.3 Å². The van der Waals surface area contributed by atoms with E-state index in [0.29, 0.717) is 0 Å². The molecule has 0 aliphatic carbocycles. The quantitative estimate of drug-likeness (QED) is 0.793. The average molecular weight is 283 g/mol. The van der Waals surface area contributed by atoms with Crippen molar-refractivity contribution in [3.8, 4) is 0 Å². The van der Waals surface area contributed by atoms with Crippen LogP contribution in [0.4, 0.5) is 0 Å². The molecule has 0 aliphatic heterocycles. The van der Waals surface area contributed by atoms with Crippen molar-refractivity contribution in [3.63, 3.8) is 0 Å². The summed E-state index contributed by atoms with van der Waals surface area (Å²) in [6, 6.07) is 8.57. The Morgan fingerprint density at radius 1 is 1.15 bits per heavy atom. The number of hydrogen-bond acceptors (Lipinski definition) is 4. The minimum Gasteiger partial charge on any atom is -0.306 e. The second kappa shape index (κ2) is 5.69. The molecule has 1 unspecified atom stereocenters. The second-order valence-electron chi connectivity index (χ2n) is 4.69. The van der Waals surface area contributed by atoms with Gasteiger partial charge in [-0.1, -0.05) is 19.1 Å². The fourth-order valence-corrected chi connectivity index (χ4v) is 3.27. The topological polar surface area (TPSA) is 37.8 Å². The highest BCUT2D eigenvalue weighted by Crippen LogP contribution is 2.31. The molecule has 3 rings (SSSR count). The standard InChI is InChI=1S/C16H17N3S/c1-3-17-15(12-7-10-20-11(12)2)13-5-4-6-14-16(13)19-9-8-18-14/h4-10,15,17H,3H2,1-2H3. The zero-order valence-corrected chi connectivity index (χ0v) is 12.4. The van der Waals surface area contributed by atoms with Crippen LogP contribution in [0.25, 0.3) is 11.0 Å². The zero-order valence-electron chi connectivity index (χ0n) is 11.6. The van der Waals surface area contributed by atoms with Crippen LogP contribution >= 0.6 is 11.3 Å². The molecule has 4 heteroatoms. The summed E-state index contributed by atoms with van der Waals surface area (Å²) >= 11 is 1.78. The van der Waals surface area contributed by atoms with Gasteiger partial charge in [-0.2, -0.15) is 0 Å². The molecule has 0 amide bonds. The van der Waals surface area contributed by atoms with E-state index >= 15 is 0 Å². The minimum absolute atomic E-state index is 0.173. The molecule has 0 saturated heterocycles. The molecule has 3 aromatic rings. The molecule has 20 heavy (non-hydrogen) atoms. The number of benzene rings is 1. The van der Waals surface area contributed by atoms with Crippen molar-refractivity contribution in [1.29, 1.82) is 0 Å². The number of thiophene rings is 1. The first-order valence-corrected chi connectivity index (χ1v) is 7.66. The summed E-state index contributed by atoms with van der Waals surface area (Å²) in [5, 5.41) is 5.72. The lowest BCUT2D eigenvalue weighted by molar-refractivity contribution is 0.633. The number of aromatic nitrogens is 2. The number of rotatable bonds is 4. The summed E-state index contributed by atoms with van der Waals surface area (Å²) in [4.78, 5) is 10.3. The molecule has 102 valence electrons. The molecule has 0 radical (unpaired) electrons. The van der Waals surface area contributed by atoms with Gasteiger partial charge in [-0.05, 0) is 36.5 Å². The van der Waals surface area contributed by atoms with Crippen LogP contribution in [0.1, 0.15) is 29.0 Å². The molecular weight excluding hydrogens is 266 g/mol. The van der Waals surface area contributed by atoms with Crippen molar-refractivity contribution in [2.45, 2.75) is 19.9 Å². The molecule has 0 saturated carbocycles. The third-order valence-electron chi connectivity index (χ3n) is 3.46. The lowest BCUT2D eigenvalue weighted by atomic mass is 9.98. The Labute approximate surface area is 122 Å². The van der Waals surface area contributed by atoms with Crippen LogP contribution < -0.4 is 5.32 Å².